The van der Waals surface area contributed by atoms with Gasteiger partial charge in [-0.25, -0.2) is 0 Å². The summed E-state index contributed by atoms with van der Waals surface area (Å²) in [5.74, 6) is 5.44. The van der Waals surface area contributed by atoms with Gasteiger partial charge in [-0.15, -0.1) is 0 Å². The van der Waals surface area contributed by atoms with Crippen LogP contribution in [0.15, 0.2) is 16.8 Å². The zero-order valence-corrected chi connectivity index (χ0v) is 21.5. The molecule has 0 aromatic rings. The molecule has 0 amide bonds. The summed E-state index contributed by atoms with van der Waals surface area (Å²) in [6, 6.07) is 0. The largest absolute Gasteiger partial charge is 0.411 e. The first kappa shape index (κ1) is 24.0. The van der Waals surface area contributed by atoms with Gasteiger partial charge in [0.1, 0.15) is 0 Å². The van der Waals surface area contributed by atoms with Crippen LogP contribution in [0.3, 0.4) is 0 Å². The first-order chi connectivity index (χ1) is 15.2. The zero-order chi connectivity index (χ0) is 23.3. The Morgan fingerprint density at radius 2 is 1.84 bits per heavy atom. The van der Waals surface area contributed by atoms with Crippen LogP contribution in [0.1, 0.15) is 106 Å². The molecule has 0 bridgehead atoms. The van der Waals surface area contributed by atoms with Gasteiger partial charge in [0, 0.05) is 6.42 Å². The highest BCUT2D eigenvalue weighted by Gasteiger charge is 2.60. The number of hydrogen-bond donors (Lipinski definition) is 1. The maximum Gasteiger partial charge on any atom is 0.156 e. The van der Waals surface area contributed by atoms with E-state index in [1.54, 1.807) is 0 Å². The Labute approximate surface area is 196 Å². The van der Waals surface area contributed by atoms with Crippen LogP contribution in [0.5, 0.6) is 0 Å². The van der Waals surface area contributed by atoms with Crippen molar-refractivity contribution in [3.05, 3.63) is 11.6 Å². The molecule has 32 heavy (non-hydrogen) atoms. The van der Waals surface area contributed by atoms with Crippen molar-refractivity contribution in [2.75, 3.05) is 0 Å². The Hall–Kier alpha value is -1.12. The average molecular weight is 442 g/mol. The lowest BCUT2D eigenvalue weighted by Crippen LogP contribution is -2.53. The fourth-order valence-corrected chi connectivity index (χ4v) is 9.17. The van der Waals surface area contributed by atoms with E-state index in [4.69, 9.17) is 0 Å². The van der Waals surface area contributed by atoms with E-state index in [0.29, 0.717) is 23.7 Å². The van der Waals surface area contributed by atoms with E-state index in [2.05, 4.69) is 46.7 Å². The van der Waals surface area contributed by atoms with Crippen LogP contribution in [0.25, 0.3) is 0 Å². The zero-order valence-electron chi connectivity index (χ0n) is 21.5. The highest BCUT2D eigenvalue weighted by atomic mass is 16.4. The number of nitrogens with zero attached hydrogens (tertiary/aromatic N) is 1. The van der Waals surface area contributed by atoms with Gasteiger partial charge in [0.25, 0.3) is 0 Å². The van der Waals surface area contributed by atoms with Crippen molar-refractivity contribution in [1.82, 2.24) is 0 Å². The lowest BCUT2D eigenvalue weighted by molar-refractivity contribution is -0.116. The van der Waals surface area contributed by atoms with E-state index >= 15 is 0 Å². The minimum atomic E-state index is 0.00896. The van der Waals surface area contributed by atoms with Crippen LogP contribution in [0.4, 0.5) is 0 Å². The maximum absolute atomic E-state index is 12.2. The molecule has 3 saturated carbocycles. The molecule has 0 radical (unpaired) electrons. The van der Waals surface area contributed by atoms with E-state index in [-0.39, 0.29) is 11.2 Å². The van der Waals surface area contributed by atoms with Crippen LogP contribution < -0.4 is 0 Å². The van der Waals surface area contributed by atoms with E-state index in [9.17, 15) is 10.0 Å². The van der Waals surface area contributed by atoms with E-state index in [0.717, 1.165) is 53.7 Å². The molecular weight excluding hydrogens is 394 g/mol. The Bertz CT molecular complexity index is 782. The average Bonchev–Trinajstić information content (AvgIpc) is 3.11. The molecule has 0 saturated heterocycles. The number of ketones is 1. The van der Waals surface area contributed by atoms with Crippen molar-refractivity contribution < 1.29 is 10.0 Å². The summed E-state index contributed by atoms with van der Waals surface area (Å²) >= 11 is 0. The predicted octanol–water partition coefficient (Wildman–Crippen LogP) is 7.67. The first-order valence-corrected chi connectivity index (χ1v) is 13.6. The van der Waals surface area contributed by atoms with Gasteiger partial charge in [-0.2, -0.15) is 0 Å². The molecule has 180 valence electrons. The molecule has 0 heterocycles. The topological polar surface area (TPSA) is 49.7 Å². The van der Waals surface area contributed by atoms with Gasteiger partial charge in [-0.1, -0.05) is 59.5 Å². The van der Waals surface area contributed by atoms with Crippen LogP contribution in [0.2, 0.25) is 0 Å². The summed E-state index contributed by atoms with van der Waals surface area (Å²) in [4.78, 5) is 12.2. The Kier molecular flexibility index (Phi) is 6.69. The normalized spacial score (nSPS) is 42.3. The molecule has 3 unspecified atom stereocenters. The first-order valence-electron chi connectivity index (χ1n) is 13.6. The van der Waals surface area contributed by atoms with Gasteiger partial charge in [0.05, 0.1) is 5.71 Å². The smallest absolute Gasteiger partial charge is 0.156 e. The molecule has 4 aliphatic rings. The molecule has 0 aliphatic heterocycles. The number of oxime groups is 1. The Morgan fingerprint density at radius 1 is 1.09 bits per heavy atom. The second-order valence-corrected chi connectivity index (χ2v) is 12.8. The van der Waals surface area contributed by atoms with E-state index < -0.39 is 0 Å². The van der Waals surface area contributed by atoms with Crippen molar-refractivity contribution in [2.24, 2.45) is 57.4 Å². The van der Waals surface area contributed by atoms with Crippen LogP contribution in [-0.2, 0) is 4.79 Å². The number of rotatable bonds is 6. The number of allylic oxidation sites excluding steroid dienone is 1. The van der Waals surface area contributed by atoms with Gasteiger partial charge in [0.15, 0.2) is 5.78 Å². The van der Waals surface area contributed by atoms with Crippen molar-refractivity contribution in [3.63, 3.8) is 0 Å². The van der Waals surface area contributed by atoms with Crippen LogP contribution in [-0.4, -0.2) is 16.7 Å². The van der Waals surface area contributed by atoms with Gasteiger partial charge < -0.3 is 5.21 Å². The maximum atomic E-state index is 12.2. The van der Waals surface area contributed by atoms with Crippen LogP contribution in [0, 0.1) is 52.3 Å². The van der Waals surface area contributed by atoms with E-state index in [1.807, 2.05) is 6.08 Å². The molecule has 4 rings (SSSR count). The van der Waals surface area contributed by atoms with Gasteiger partial charge in [-0.3, -0.25) is 4.79 Å². The summed E-state index contributed by atoms with van der Waals surface area (Å²) < 4.78 is 0. The third-order valence-corrected chi connectivity index (χ3v) is 11.1. The lowest BCUT2D eigenvalue weighted by atomic mass is 9.46. The minimum Gasteiger partial charge on any atom is -0.411 e. The van der Waals surface area contributed by atoms with Crippen molar-refractivity contribution >= 4 is 11.5 Å². The number of carbonyl (C=O) groups excluding carboxylic acids is 1. The highest BCUT2D eigenvalue weighted by molar-refractivity contribution is 6.08. The van der Waals surface area contributed by atoms with Gasteiger partial charge >= 0.3 is 0 Å². The summed E-state index contributed by atoms with van der Waals surface area (Å²) in [5, 5.41) is 13.7. The van der Waals surface area contributed by atoms with Gasteiger partial charge in [-0.05, 0) is 109 Å². The molecule has 3 fully saturated rings. The fraction of sp³-hybridized carbons (Fsp3) is 0.862. The van der Waals surface area contributed by atoms with Crippen molar-refractivity contribution in [1.29, 1.82) is 0 Å². The van der Waals surface area contributed by atoms with Crippen molar-refractivity contribution in [3.8, 4) is 0 Å². The fourth-order valence-electron chi connectivity index (χ4n) is 9.17. The standard InChI is InChI=1S/C29H47NO2/c1-7-20(18(2)3)9-8-19(4)23-10-11-24-22-17-27(30-32)26-16-21(31)12-14-29(26,6)25(22)13-15-28(23,24)5/h16,18-20,22-25,32H,7-15,17H2,1-6H3/b30-27+/t19-,20-,22?,23-,24?,25?,28-,29-/m1/s1. The molecule has 1 N–H and O–H groups in total. The Morgan fingerprint density at radius 3 is 2.50 bits per heavy atom. The van der Waals surface area contributed by atoms with Crippen LogP contribution >= 0.6 is 0 Å². The van der Waals surface area contributed by atoms with Gasteiger partial charge in [0.2, 0.25) is 0 Å². The molecule has 0 aromatic carbocycles. The quantitative estimate of drug-likeness (QED) is 0.339. The molecule has 0 aromatic heterocycles. The molecule has 0 spiro atoms. The second-order valence-electron chi connectivity index (χ2n) is 12.8. The Balaban J connectivity index is 1.54. The minimum absolute atomic E-state index is 0.00896. The third-order valence-electron chi connectivity index (χ3n) is 11.1. The SMILES string of the molecule is CC[C@H](CC[C@@H](C)[C@H]1CCC2C3C/C(=N\O)C4=CC(=O)CC[C@]4(C)C3CC[C@@]21C)C(C)C. The highest BCUT2D eigenvalue weighted by Crippen LogP contribution is 2.67. The summed E-state index contributed by atoms with van der Waals surface area (Å²) in [6.45, 7) is 14.6. The molecule has 4 aliphatic carbocycles. The number of carbonyl (C=O) groups is 1. The molecule has 8 atom stereocenters. The number of hydrogen-bond acceptors (Lipinski definition) is 3. The number of fused-ring (bicyclic) bond motifs is 5. The molecular formula is C29H47NO2. The second kappa shape index (κ2) is 8.91. The molecule has 3 nitrogen and oxygen atoms in total. The summed E-state index contributed by atoms with van der Waals surface area (Å²) in [7, 11) is 0. The summed E-state index contributed by atoms with van der Waals surface area (Å²) in [6.07, 6.45) is 13.6. The van der Waals surface area contributed by atoms with Crippen molar-refractivity contribution in [2.45, 2.75) is 106 Å². The molecule has 3 heteroatoms. The third kappa shape index (κ3) is 3.80. The predicted molar refractivity (Wildman–Crippen MR) is 132 cm³/mol. The van der Waals surface area contributed by atoms with E-state index in [1.165, 1.54) is 44.9 Å². The summed E-state index contributed by atoms with van der Waals surface area (Å²) in [5.41, 5.74) is 2.30. The lowest BCUT2D eigenvalue weighted by Gasteiger charge is -2.58. The monoisotopic (exact) mass is 441 g/mol.